The number of hydrogen-bond acceptors (Lipinski definition) is 6. The summed E-state index contributed by atoms with van der Waals surface area (Å²) >= 11 is 0. The molecule has 0 radical (unpaired) electrons. The zero-order valence-electron chi connectivity index (χ0n) is 22.7. The maximum Gasteiger partial charge on any atom is 0.518 e. The Morgan fingerprint density at radius 3 is 2.55 bits per heavy atom. The zero-order chi connectivity index (χ0) is 27.2. The number of pyridine rings is 1. The first-order valence-electron chi connectivity index (χ1n) is 12.3. The Morgan fingerprint density at radius 1 is 1.11 bits per heavy atom. The average Bonchev–Trinajstić information content (AvgIpc) is 2.88. The molecule has 1 aromatic carbocycles. The molecule has 0 spiro atoms. The van der Waals surface area contributed by atoms with Gasteiger partial charge < -0.3 is 48.4 Å². The third-order valence-corrected chi connectivity index (χ3v) is 5.30. The van der Waals surface area contributed by atoms with Crippen LogP contribution in [0.1, 0.15) is 55.5 Å². The SMILES string of the molecule is COc1cc(CNC(=O)CCCC/C=C/C(C)C)ccc1OC(=O)OC[n+]1cccc(C(=O)N(C)C)c1.[I-]. The topological polar surface area (TPSA) is 98.0 Å². The molecule has 0 saturated heterocycles. The molecule has 208 valence electrons. The highest BCUT2D eigenvalue weighted by Gasteiger charge is 2.16. The second-order valence-corrected chi connectivity index (χ2v) is 9.11. The van der Waals surface area contributed by atoms with Crippen LogP contribution in [0.25, 0.3) is 0 Å². The van der Waals surface area contributed by atoms with Crippen LogP contribution in [-0.2, 0) is 22.8 Å². The van der Waals surface area contributed by atoms with E-state index in [4.69, 9.17) is 14.2 Å². The fourth-order valence-electron chi connectivity index (χ4n) is 3.34. The number of rotatable bonds is 13. The number of aromatic nitrogens is 1. The fourth-order valence-corrected chi connectivity index (χ4v) is 3.34. The minimum atomic E-state index is -0.917. The Kier molecular flexibility index (Phi) is 15.0. The Hall–Kier alpha value is -3.15. The summed E-state index contributed by atoms with van der Waals surface area (Å²) in [6.45, 7) is 4.49. The highest BCUT2D eigenvalue weighted by Crippen LogP contribution is 2.28. The number of allylic oxidation sites excluding steroid dienone is 2. The van der Waals surface area contributed by atoms with E-state index in [9.17, 15) is 14.4 Å². The zero-order valence-corrected chi connectivity index (χ0v) is 24.9. The number of benzene rings is 1. The van der Waals surface area contributed by atoms with Gasteiger partial charge in [0.25, 0.3) is 12.6 Å². The van der Waals surface area contributed by atoms with Gasteiger partial charge in [-0.3, -0.25) is 9.59 Å². The van der Waals surface area contributed by atoms with Crippen LogP contribution >= 0.6 is 0 Å². The van der Waals surface area contributed by atoms with Gasteiger partial charge in [-0.05, 0) is 48.9 Å². The molecule has 0 aliphatic carbocycles. The molecule has 0 aliphatic rings. The maximum atomic E-state index is 12.2. The highest BCUT2D eigenvalue weighted by atomic mass is 127. The molecule has 0 saturated carbocycles. The molecule has 0 unspecified atom stereocenters. The monoisotopic (exact) mass is 639 g/mol. The molecule has 38 heavy (non-hydrogen) atoms. The van der Waals surface area contributed by atoms with Crippen molar-refractivity contribution in [3.05, 3.63) is 66.0 Å². The van der Waals surface area contributed by atoms with E-state index in [2.05, 4.69) is 31.3 Å². The van der Waals surface area contributed by atoms with E-state index in [1.165, 1.54) is 12.0 Å². The van der Waals surface area contributed by atoms with Crippen LogP contribution in [0, 0.1) is 5.92 Å². The van der Waals surface area contributed by atoms with Gasteiger partial charge in [-0.2, -0.15) is 4.57 Å². The maximum absolute atomic E-state index is 12.2. The lowest BCUT2D eigenvalue weighted by Gasteiger charge is -2.11. The first-order chi connectivity index (χ1) is 17.7. The van der Waals surface area contributed by atoms with Crippen LogP contribution in [-0.4, -0.2) is 44.1 Å². The Morgan fingerprint density at radius 2 is 1.87 bits per heavy atom. The molecule has 0 fully saturated rings. The van der Waals surface area contributed by atoms with Crippen molar-refractivity contribution >= 4 is 18.0 Å². The van der Waals surface area contributed by atoms with Gasteiger partial charge in [-0.15, -0.1) is 0 Å². The van der Waals surface area contributed by atoms with Gasteiger partial charge in [0.1, 0.15) is 5.56 Å². The lowest BCUT2D eigenvalue weighted by molar-refractivity contribution is -0.727. The third-order valence-electron chi connectivity index (χ3n) is 5.30. The molecule has 0 bridgehead atoms. The summed E-state index contributed by atoms with van der Waals surface area (Å²) in [5.41, 5.74) is 1.27. The number of nitrogens with zero attached hydrogens (tertiary/aromatic N) is 2. The van der Waals surface area contributed by atoms with Crippen molar-refractivity contribution in [2.75, 3.05) is 21.2 Å². The standard InChI is InChI=1S/C28H37N3O6.HI/c1-21(2)11-8-6-7-9-13-26(32)29-18-22-14-15-24(25(17-22)35-5)37-28(34)36-20-31-16-10-12-23(19-31)27(33)30(3)4;/h8,10-12,14-17,19,21H,6-7,9,13,18,20H2,1-5H3;1H/b11-8+;. The molecule has 1 aromatic heterocycles. The summed E-state index contributed by atoms with van der Waals surface area (Å²) in [6, 6.07) is 8.40. The number of carbonyl (C=O) groups excluding carboxylic acids is 3. The van der Waals surface area contributed by atoms with Gasteiger partial charge in [-0.1, -0.05) is 32.1 Å². The van der Waals surface area contributed by atoms with E-state index in [1.54, 1.807) is 61.4 Å². The van der Waals surface area contributed by atoms with Crippen molar-refractivity contribution in [3.63, 3.8) is 0 Å². The van der Waals surface area contributed by atoms with Crippen molar-refractivity contribution in [3.8, 4) is 11.5 Å². The third kappa shape index (κ3) is 11.9. The predicted octanol–water partition coefficient (Wildman–Crippen LogP) is 1.25. The predicted molar refractivity (Wildman–Crippen MR) is 139 cm³/mol. The van der Waals surface area contributed by atoms with Crippen molar-refractivity contribution in [1.82, 2.24) is 10.2 Å². The number of carbonyl (C=O) groups is 3. The fraction of sp³-hybridized carbons (Fsp3) is 0.429. The van der Waals surface area contributed by atoms with E-state index < -0.39 is 6.16 Å². The van der Waals surface area contributed by atoms with Crippen molar-refractivity contribution < 1.29 is 57.1 Å². The lowest BCUT2D eigenvalue weighted by atomic mass is 10.1. The summed E-state index contributed by atoms with van der Waals surface area (Å²) in [5, 5.41) is 2.90. The molecule has 1 heterocycles. The molecule has 9 nitrogen and oxygen atoms in total. The minimum absolute atomic E-state index is 0. The van der Waals surface area contributed by atoms with Crippen LogP contribution < -0.4 is 43.3 Å². The highest BCUT2D eigenvalue weighted by molar-refractivity contribution is 5.93. The Balaban J connectivity index is 0.00000722. The average molecular weight is 640 g/mol. The van der Waals surface area contributed by atoms with Crippen molar-refractivity contribution in [1.29, 1.82) is 0 Å². The summed E-state index contributed by atoms with van der Waals surface area (Å²) in [7, 11) is 4.79. The van der Waals surface area contributed by atoms with Gasteiger partial charge in [-0.25, -0.2) is 4.79 Å². The van der Waals surface area contributed by atoms with E-state index >= 15 is 0 Å². The second-order valence-electron chi connectivity index (χ2n) is 9.11. The number of unbranched alkanes of at least 4 members (excludes halogenated alkanes) is 2. The van der Waals surface area contributed by atoms with Gasteiger partial charge in [0.2, 0.25) is 5.91 Å². The first-order valence-corrected chi connectivity index (χ1v) is 12.3. The smallest absolute Gasteiger partial charge is 0.518 e. The van der Waals surface area contributed by atoms with E-state index in [0.717, 1.165) is 24.8 Å². The van der Waals surface area contributed by atoms with E-state index in [-0.39, 0.29) is 48.3 Å². The molecule has 10 heteroatoms. The molecular weight excluding hydrogens is 601 g/mol. The summed E-state index contributed by atoms with van der Waals surface area (Å²) in [4.78, 5) is 37.9. The van der Waals surface area contributed by atoms with Crippen molar-refractivity contribution in [2.45, 2.75) is 52.8 Å². The summed E-state index contributed by atoms with van der Waals surface area (Å²) in [5.74, 6) is 0.910. The van der Waals surface area contributed by atoms with Crippen LogP contribution in [0.2, 0.25) is 0 Å². The number of nitrogens with one attached hydrogen (secondary N) is 1. The minimum Gasteiger partial charge on any atom is -1.00 e. The van der Waals surface area contributed by atoms with E-state index in [0.29, 0.717) is 30.2 Å². The summed E-state index contributed by atoms with van der Waals surface area (Å²) < 4.78 is 17.4. The quantitative estimate of drug-likeness (QED) is 0.0886. The van der Waals surface area contributed by atoms with Gasteiger partial charge in [0.05, 0.1) is 7.11 Å². The number of halogens is 1. The first kappa shape index (κ1) is 32.9. The van der Waals surface area contributed by atoms with Crippen LogP contribution in [0.4, 0.5) is 4.79 Å². The lowest BCUT2D eigenvalue weighted by Crippen LogP contribution is -3.00. The second kappa shape index (κ2) is 17.4. The molecular formula is C28H38IN3O6. The van der Waals surface area contributed by atoms with Gasteiger partial charge in [0.15, 0.2) is 23.9 Å². The number of methoxy groups -OCH3 is 1. The largest absolute Gasteiger partial charge is 1.00 e. The Labute approximate surface area is 242 Å². The number of ether oxygens (including phenoxy) is 3. The van der Waals surface area contributed by atoms with Crippen LogP contribution in [0.3, 0.4) is 0 Å². The molecule has 0 atom stereocenters. The molecule has 2 amide bonds. The van der Waals surface area contributed by atoms with Gasteiger partial charge >= 0.3 is 6.16 Å². The van der Waals surface area contributed by atoms with Gasteiger partial charge in [0, 0.05) is 33.1 Å². The van der Waals surface area contributed by atoms with Crippen LogP contribution in [0.5, 0.6) is 11.5 Å². The number of amides is 2. The number of hydrogen-bond donors (Lipinski definition) is 1. The molecule has 2 rings (SSSR count). The van der Waals surface area contributed by atoms with E-state index in [1.807, 2.05) is 0 Å². The molecule has 2 aromatic rings. The normalized spacial score (nSPS) is 10.6. The molecule has 1 N–H and O–H groups in total. The Bertz CT molecular complexity index is 1090. The summed E-state index contributed by atoms with van der Waals surface area (Å²) in [6.07, 6.45) is 9.95. The van der Waals surface area contributed by atoms with Crippen LogP contribution in [0.15, 0.2) is 54.9 Å². The molecule has 0 aliphatic heterocycles. The van der Waals surface area contributed by atoms with Crippen molar-refractivity contribution in [2.24, 2.45) is 5.92 Å².